The molecule has 0 aromatic rings. The highest BCUT2D eigenvalue weighted by atomic mass is 31.2. The van der Waals surface area contributed by atoms with Gasteiger partial charge >= 0.3 is 15.2 Å². The number of rotatable bonds is 5. The quantitative estimate of drug-likeness (QED) is 0.563. The smallest absolute Gasteiger partial charge is 0.324 e. The topological polar surface area (TPSA) is 115 Å². The largest absolute Gasteiger partial charge is 0.329 e. The maximum atomic E-state index is 11.3. The fraction of sp³-hybridized carbons (Fsp3) is 1.00. The van der Waals surface area contributed by atoms with Crippen molar-refractivity contribution in [2.24, 2.45) is 11.8 Å². The van der Waals surface area contributed by atoms with Gasteiger partial charge in [0.05, 0.1) is 11.3 Å². The zero-order valence-electron chi connectivity index (χ0n) is 9.81. The van der Waals surface area contributed by atoms with E-state index in [-0.39, 0.29) is 0 Å². The molecule has 0 amide bonds. The standard InChI is InChI=1S/C8H20O6P2/c1-5(2)7(15(9,10)11)8(6(3)4)16(12,13)14/h5-8H,1-4H3,(H2,9,10,11)(H2,12,13,14). The van der Waals surface area contributed by atoms with E-state index in [1.807, 2.05) is 0 Å². The van der Waals surface area contributed by atoms with Crippen LogP contribution in [-0.4, -0.2) is 30.9 Å². The Bertz CT molecular complexity index is 282. The van der Waals surface area contributed by atoms with Crippen molar-refractivity contribution < 1.29 is 28.7 Å². The van der Waals surface area contributed by atoms with Gasteiger partial charge in [-0.15, -0.1) is 0 Å². The Kier molecular flexibility index (Phi) is 5.40. The van der Waals surface area contributed by atoms with Crippen LogP contribution in [0.15, 0.2) is 0 Å². The van der Waals surface area contributed by atoms with Crippen molar-refractivity contribution in [3.8, 4) is 0 Å². The molecule has 0 fully saturated rings. The minimum atomic E-state index is -4.53. The number of hydrogen-bond donors (Lipinski definition) is 4. The predicted molar refractivity (Wildman–Crippen MR) is 61.3 cm³/mol. The first-order valence-corrected chi connectivity index (χ1v) is 8.35. The molecule has 0 aliphatic heterocycles. The Balaban J connectivity index is 5.48. The van der Waals surface area contributed by atoms with Gasteiger partial charge in [0.25, 0.3) is 0 Å². The van der Waals surface area contributed by atoms with Gasteiger partial charge in [-0.2, -0.15) is 0 Å². The van der Waals surface area contributed by atoms with Gasteiger partial charge in [0, 0.05) is 0 Å². The van der Waals surface area contributed by atoms with E-state index in [2.05, 4.69) is 0 Å². The van der Waals surface area contributed by atoms with Crippen LogP contribution in [0.25, 0.3) is 0 Å². The zero-order chi connectivity index (χ0) is 13.3. The lowest BCUT2D eigenvalue weighted by molar-refractivity contribution is 0.293. The van der Waals surface area contributed by atoms with Crippen molar-refractivity contribution in [2.45, 2.75) is 39.0 Å². The summed E-state index contributed by atoms with van der Waals surface area (Å²) < 4.78 is 22.6. The van der Waals surface area contributed by atoms with Gasteiger partial charge in [0.1, 0.15) is 0 Å². The monoisotopic (exact) mass is 274 g/mol. The fourth-order valence-corrected chi connectivity index (χ4v) is 6.04. The van der Waals surface area contributed by atoms with Gasteiger partial charge in [-0.3, -0.25) is 9.13 Å². The molecule has 0 bridgehead atoms. The van der Waals surface area contributed by atoms with E-state index < -0.39 is 38.3 Å². The first-order chi connectivity index (χ1) is 6.89. The van der Waals surface area contributed by atoms with Gasteiger partial charge in [0.2, 0.25) is 0 Å². The fourth-order valence-electron chi connectivity index (χ4n) is 1.96. The van der Waals surface area contributed by atoms with Crippen molar-refractivity contribution in [3.05, 3.63) is 0 Å². The maximum Gasteiger partial charge on any atom is 0.329 e. The van der Waals surface area contributed by atoms with Crippen molar-refractivity contribution in [2.75, 3.05) is 0 Å². The summed E-state index contributed by atoms with van der Waals surface area (Å²) in [4.78, 5) is 36.8. The molecule has 0 aliphatic rings. The second kappa shape index (κ2) is 5.30. The van der Waals surface area contributed by atoms with Crippen LogP contribution in [0.4, 0.5) is 0 Å². The lowest BCUT2D eigenvalue weighted by atomic mass is 9.99. The van der Waals surface area contributed by atoms with Crippen LogP contribution in [0.3, 0.4) is 0 Å². The third kappa shape index (κ3) is 4.28. The molecule has 0 saturated heterocycles. The summed E-state index contributed by atoms with van der Waals surface area (Å²) >= 11 is 0. The molecule has 8 heteroatoms. The van der Waals surface area contributed by atoms with Crippen molar-refractivity contribution in [1.82, 2.24) is 0 Å². The summed E-state index contributed by atoms with van der Waals surface area (Å²) in [5.41, 5.74) is -2.62. The van der Waals surface area contributed by atoms with Crippen LogP contribution in [0.1, 0.15) is 27.7 Å². The molecule has 0 heterocycles. The SMILES string of the molecule is CC(C)C(C(C(C)C)P(=O)(O)O)P(=O)(O)O. The highest BCUT2D eigenvalue weighted by molar-refractivity contribution is 7.57. The van der Waals surface area contributed by atoms with Gasteiger partial charge in [-0.05, 0) is 11.8 Å². The minimum Gasteiger partial charge on any atom is -0.324 e. The normalized spacial score (nSPS) is 17.9. The molecule has 16 heavy (non-hydrogen) atoms. The van der Waals surface area contributed by atoms with Crippen molar-refractivity contribution in [1.29, 1.82) is 0 Å². The third-order valence-electron chi connectivity index (χ3n) is 2.49. The average Bonchev–Trinajstić information content (AvgIpc) is 1.92. The van der Waals surface area contributed by atoms with Crippen LogP contribution >= 0.6 is 15.2 Å². The lowest BCUT2D eigenvalue weighted by Crippen LogP contribution is -2.35. The molecule has 2 atom stereocenters. The summed E-state index contributed by atoms with van der Waals surface area (Å²) in [5, 5.41) is 0. The van der Waals surface area contributed by atoms with E-state index in [9.17, 15) is 28.7 Å². The van der Waals surface area contributed by atoms with E-state index in [4.69, 9.17) is 0 Å². The highest BCUT2D eigenvalue weighted by Gasteiger charge is 2.48. The van der Waals surface area contributed by atoms with Crippen LogP contribution in [0, 0.1) is 11.8 Å². The summed E-state index contributed by atoms with van der Waals surface area (Å²) in [7, 11) is -9.06. The molecule has 98 valence electrons. The molecule has 0 aromatic carbocycles. The summed E-state index contributed by atoms with van der Waals surface area (Å²) in [6.07, 6.45) is 0. The Hall–Kier alpha value is 0.300. The molecule has 0 radical (unpaired) electrons. The second-order valence-corrected chi connectivity index (χ2v) is 8.20. The Labute approximate surface area is 95.4 Å². The molecule has 0 aliphatic carbocycles. The molecule has 2 unspecified atom stereocenters. The second-order valence-electron chi connectivity index (χ2n) is 4.65. The summed E-state index contributed by atoms with van der Waals surface area (Å²) in [6.45, 7) is 6.20. The van der Waals surface area contributed by atoms with Crippen molar-refractivity contribution in [3.63, 3.8) is 0 Å². The van der Waals surface area contributed by atoms with Crippen LogP contribution in [0.2, 0.25) is 0 Å². The molecule has 0 aromatic heterocycles. The first kappa shape index (κ1) is 16.3. The van der Waals surface area contributed by atoms with Crippen LogP contribution < -0.4 is 0 Å². The van der Waals surface area contributed by atoms with E-state index >= 15 is 0 Å². The van der Waals surface area contributed by atoms with E-state index in [0.717, 1.165) is 0 Å². The average molecular weight is 274 g/mol. The molecular formula is C8H20O6P2. The minimum absolute atomic E-state index is 0.499. The van der Waals surface area contributed by atoms with Gasteiger partial charge in [-0.25, -0.2) is 0 Å². The van der Waals surface area contributed by atoms with E-state index in [1.165, 1.54) is 0 Å². The molecule has 0 rings (SSSR count). The maximum absolute atomic E-state index is 11.3. The third-order valence-corrected chi connectivity index (χ3v) is 6.12. The summed E-state index contributed by atoms with van der Waals surface area (Å²) in [6, 6.07) is 0. The Morgan fingerprint density at radius 3 is 0.938 bits per heavy atom. The lowest BCUT2D eigenvalue weighted by Gasteiger charge is -2.33. The van der Waals surface area contributed by atoms with Gasteiger partial charge < -0.3 is 19.6 Å². The Morgan fingerprint density at radius 2 is 0.875 bits per heavy atom. The van der Waals surface area contributed by atoms with Gasteiger partial charge in [0.15, 0.2) is 0 Å². The van der Waals surface area contributed by atoms with Crippen LogP contribution in [-0.2, 0) is 9.13 Å². The molecular weight excluding hydrogens is 254 g/mol. The molecule has 0 saturated carbocycles. The highest BCUT2D eigenvalue weighted by Crippen LogP contribution is 2.58. The summed E-state index contributed by atoms with van der Waals surface area (Å²) in [5.74, 6) is -0.998. The molecule has 0 spiro atoms. The van der Waals surface area contributed by atoms with E-state index in [1.54, 1.807) is 27.7 Å². The van der Waals surface area contributed by atoms with Crippen LogP contribution in [0.5, 0.6) is 0 Å². The molecule has 6 nitrogen and oxygen atoms in total. The predicted octanol–water partition coefficient (Wildman–Crippen LogP) is 1.39. The number of hydrogen-bond acceptors (Lipinski definition) is 2. The first-order valence-electron chi connectivity index (χ1n) is 4.99. The zero-order valence-corrected chi connectivity index (χ0v) is 11.6. The van der Waals surface area contributed by atoms with Gasteiger partial charge in [-0.1, -0.05) is 27.7 Å². The molecule has 4 N–H and O–H groups in total. The van der Waals surface area contributed by atoms with Crippen molar-refractivity contribution >= 4 is 15.2 Å². The Morgan fingerprint density at radius 1 is 0.688 bits per heavy atom. The van der Waals surface area contributed by atoms with E-state index in [0.29, 0.717) is 0 Å².